The van der Waals surface area contributed by atoms with Gasteiger partial charge in [-0.25, -0.2) is 9.98 Å². The van der Waals surface area contributed by atoms with Gasteiger partial charge in [0.1, 0.15) is 41.7 Å². The number of hydrogen-bond acceptors (Lipinski definition) is 9. The zero-order valence-corrected chi connectivity index (χ0v) is 14.0. The van der Waals surface area contributed by atoms with Crippen molar-refractivity contribution in [3.63, 3.8) is 0 Å². The van der Waals surface area contributed by atoms with Gasteiger partial charge >= 0.3 is 0 Å². The van der Waals surface area contributed by atoms with Crippen LogP contribution in [-0.2, 0) is 0 Å². The molecule has 0 bridgehead atoms. The zero-order chi connectivity index (χ0) is 19.4. The van der Waals surface area contributed by atoms with Crippen LogP contribution in [0.25, 0.3) is 0 Å². The first-order valence-corrected chi connectivity index (χ1v) is 7.74. The van der Waals surface area contributed by atoms with Crippen LogP contribution in [0.1, 0.15) is 22.7 Å². The highest BCUT2D eigenvalue weighted by molar-refractivity contribution is 5.98. The van der Waals surface area contributed by atoms with E-state index >= 15 is 0 Å². The molecule has 0 saturated carbocycles. The van der Waals surface area contributed by atoms with Gasteiger partial charge in [-0.15, -0.1) is 6.42 Å². The summed E-state index contributed by atoms with van der Waals surface area (Å²) in [6, 6.07) is 8.43. The third-order valence-corrected chi connectivity index (χ3v) is 3.88. The molecule has 1 aliphatic heterocycles. The molecule has 2 aromatic rings. The number of terminal acetylenes is 1. The lowest BCUT2D eigenvalue weighted by molar-refractivity contribution is 0.370. The number of hydrogen-bond donors (Lipinski definition) is 4. The quantitative estimate of drug-likeness (QED) is 0.360. The highest BCUT2D eigenvalue weighted by atomic mass is 16.5. The summed E-state index contributed by atoms with van der Waals surface area (Å²) in [6.07, 6.45) is 6.99. The molecule has 1 aromatic carbocycles. The van der Waals surface area contributed by atoms with E-state index in [4.69, 9.17) is 27.9 Å². The van der Waals surface area contributed by atoms with E-state index in [2.05, 4.69) is 26.5 Å². The van der Waals surface area contributed by atoms with Gasteiger partial charge in [0.25, 0.3) is 0 Å². The number of guanidine groups is 1. The number of aliphatic imine (C=N–C) groups is 1. The van der Waals surface area contributed by atoms with Crippen LogP contribution < -0.4 is 26.8 Å². The summed E-state index contributed by atoms with van der Waals surface area (Å²) in [5.74, 6) is 3.51. The number of anilines is 3. The minimum Gasteiger partial charge on any atom is -0.481 e. The fraction of sp³-hybridized carbons (Fsp3) is 0.111. The number of nitrogens with two attached hydrogens (primary N) is 2. The molecule has 6 N–H and O–H groups in total. The maximum Gasteiger partial charge on any atom is 0.211 e. The van der Waals surface area contributed by atoms with Crippen molar-refractivity contribution in [1.82, 2.24) is 10.3 Å². The maximum absolute atomic E-state index is 9.32. The molecule has 0 saturated heterocycles. The summed E-state index contributed by atoms with van der Waals surface area (Å²) in [5.41, 5.74) is 13.5. The van der Waals surface area contributed by atoms with E-state index in [9.17, 15) is 5.26 Å². The largest absolute Gasteiger partial charge is 0.481 e. The first-order valence-electron chi connectivity index (χ1n) is 7.74. The Morgan fingerprint density at radius 3 is 2.63 bits per heavy atom. The van der Waals surface area contributed by atoms with Crippen molar-refractivity contribution in [1.29, 1.82) is 10.5 Å². The average Bonchev–Trinajstić information content (AvgIpc) is 2.66. The van der Waals surface area contributed by atoms with Gasteiger partial charge in [-0.2, -0.15) is 10.5 Å². The van der Waals surface area contributed by atoms with E-state index in [0.29, 0.717) is 17.1 Å². The summed E-state index contributed by atoms with van der Waals surface area (Å²) >= 11 is 0. The Morgan fingerprint density at radius 1 is 1.26 bits per heavy atom. The second-order valence-corrected chi connectivity index (χ2v) is 5.46. The molecular formula is C18H14N8O. The van der Waals surface area contributed by atoms with Crippen LogP contribution in [0.15, 0.2) is 29.3 Å². The van der Waals surface area contributed by atoms with Gasteiger partial charge in [0.05, 0.1) is 5.69 Å². The molecule has 27 heavy (non-hydrogen) atoms. The Morgan fingerprint density at radius 2 is 2.00 bits per heavy atom. The Labute approximate surface area is 155 Å². The number of nitriles is 2. The predicted molar refractivity (Wildman–Crippen MR) is 100 cm³/mol. The normalized spacial score (nSPS) is 14.4. The lowest BCUT2D eigenvalue weighted by atomic mass is 9.95. The second kappa shape index (κ2) is 7.22. The second-order valence-electron chi connectivity index (χ2n) is 5.46. The highest BCUT2D eigenvalue weighted by Crippen LogP contribution is 2.40. The molecule has 132 valence electrons. The van der Waals surface area contributed by atoms with Crippen molar-refractivity contribution >= 4 is 23.3 Å². The molecule has 1 atom stereocenters. The number of nitrogen functional groups attached to an aromatic ring is 2. The van der Waals surface area contributed by atoms with Crippen LogP contribution in [0.4, 0.5) is 17.3 Å². The number of nitrogens with zero attached hydrogens (tertiary/aromatic N) is 4. The summed E-state index contributed by atoms with van der Waals surface area (Å²) in [5, 5.41) is 23.5. The molecule has 0 spiro atoms. The summed E-state index contributed by atoms with van der Waals surface area (Å²) in [6.45, 7) is 0.158. The lowest BCUT2D eigenvalue weighted by Gasteiger charge is -2.26. The van der Waals surface area contributed by atoms with E-state index in [-0.39, 0.29) is 29.6 Å². The lowest BCUT2D eigenvalue weighted by Crippen LogP contribution is -2.32. The van der Waals surface area contributed by atoms with Crippen molar-refractivity contribution in [2.45, 2.75) is 6.04 Å². The number of aromatic nitrogens is 1. The Bertz CT molecular complexity index is 1040. The minimum absolute atomic E-state index is 0.00348. The van der Waals surface area contributed by atoms with Crippen molar-refractivity contribution in [2.24, 2.45) is 4.99 Å². The van der Waals surface area contributed by atoms with E-state index in [1.165, 1.54) is 0 Å². The summed E-state index contributed by atoms with van der Waals surface area (Å²) in [4.78, 5) is 8.67. The third kappa shape index (κ3) is 3.23. The molecule has 1 aromatic heterocycles. The van der Waals surface area contributed by atoms with Gasteiger partial charge in [0, 0.05) is 5.56 Å². The van der Waals surface area contributed by atoms with Gasteiger partial charge in [-0.3, -0.25) is 5.32 Å². The average molecular weight is 358 g/mol. The number of fused-ring (bicyclic) bond motifs is 1. The topological polar surface area (TPSA) is 158 Å². The van der Waals surface area contributed by atoms with E-state index in [0.717, 1.165) is 5.56 Å². The predicted octanol–water partition coefficient (Wildman–Crippen LogP) is 1.07. The molecule has 9 nitrogen and oxygen atoms in total. The van der Waals surface area contributed by atoms with Crippen LogP contribution >= 0.6 is 0 Å². The number of benzene rings is 1. The third-order valence-electron chi connectivity index (χ3n) is 3.88. The molecule has 9 heteroatoms. The van der Waals surface area contributed by atoms with Crippen LogP contribution in [0.3, 0.4) is 0 Å². The fourth-order valence-corrected chi connectivity index (χ4v) is 2.69. The van der Waals surface area contributed by atoms with Crippen LogP contribution in [0.5, 0.6) is 5.75 Å². The molecule has 0 radical (unpaired) electrons. The van der Waals surface area contributed by atoms with E-state index in [1.54, 1.807) is 30.5 Å². The van der Waals surface area contributed by atoms with Gasteiger partial charge in [-0.05, 0) is 17.7 Å². The monoisotopic (exact) mass is 358 g/mol. The number of ether oxygens (including phenoxy) is 1. The van der Waals surface area contributed by atoms with Gasteiger partial charge < -0.3 is 21.5 Å². The van der Waals surface area contributed by atoms with Crippen molar-refractivity contribution < 1.29 is 4.74 Å². The van der Waals surface area contributed by atoms with Gasteiger partial charge in [-0.1, -0.05) is 18.1 Å². The number of pyridine rings is 1. The standard InChI is InChI=1S/C18H14N8O/c1-2-7-27-11-5-3-10(4-6-11)15-13-14(21)12(8-19)16(22)25-17(13)26-18(24-15)23-9-20/h1,3-6,15H,7H2,(H6,21,22,23,24,25,26). The SMILES string of the molecule is C#CCOc1ccc(C2N=C(NC#N)Nc3nc(N)c(C#N)c(N)c32)cc1. The van der Waals surface area contributed by atoms with Crippen molar-refractivity contribution in [3.05, 3.63) is 41.0 Å². The van der Waals surface area contributed by atoms with Gasteiger partial charge in [0.15, 0.2) is 6.19 Å². The Kier molecular flexibility index (Phi) is 4.65. The Hall–Kier alpha value is -4.42. The number of nitrogens with one attached hydrogen (secondary N) is 2. The van der Waals surface area contributed by atoms with Crippen LogP contribution in [-0.4, -0.2) is 17.6 Å². The molecule has 1 aliphatic rings. The smallest absolute Gasteiger partial charge is 0.211 e. The first-order chi connectivity index (χ1) is 13.1. The fourth-order valence-electron chi connectivity index (χ4n) is 2.69. The van der Waals surface area contributed by atoms with Crippen LogP contribution in [0, 0.1) is 35.1 Å². The summed E-state index contributed by atoms with van der Waals surface area (Å²) in [7, 11) is 0. The molecule has 2 heterocycles. The zero-order valence-electron chi connectivity index (χ0n) is 14.0. The maximum atomic E-state index is 9.32. The van der Waals surface area contributed by atoms with Gasteiger partial charge in [0.2, 0.25) is 5.96 Å². The van der Waals surface area contributed by atoms with E-state index < -0.39 is 6.04 Å². The number of rotatable bonds is 3. The molecule has 1 unspecified atom stereocenters. The van der Waals surface area contributed by atoms with Crippen molar-refractivity contribution in [3.8, 4) is 30.4 Å². The first kappa shape index (κ1) is 17.4. The molecule has 0 amide bonds. The van der Waals surface area contributed by atoms with Crippen molar-refractivity contribution in [2.75, 3.05) is 23.4 Å². The molecule has 0 aliphatic carbocycles. The van der Waals surface area contributed by atoms with Crippen LogP contribution in [0.2, 0.25) is 0 Å². The summed E-state index contributed by atoms with van der Waals surface area (Å²) < 4.78 is 5.37. The molecule has 3 rings (SSSR count). The Balaban J connectivity index is 2.10. The highest BCUT2D eigenvalue weighted by Gasteiger charge is 2.29. The minimum atomic E-state index is -0.598. The van der Waals surface area contributed by atoms with E-state index in [1.807, 2.05) is 6.07 Å². The molecular weight excluding hydrogens is 344 g/mol. The molecule has 0 fully saturated rings.